The summed E-state index contributed by atoms with van der Waals surface area (Å²) in [7, 11) is 1.68. The molecule has 26 heavy (non-hydrogen) atoms. The molecule has 2 saturated heterocycles. The third kappa shape index (κ3) is 4.18. The molecule has 0 radical (unpaired) electrons. The van der Waals surface area contributed by atoms with Gasteiger partial charge < -0.3 is 19.9 Å². The zero-order valence-electron chi connectivity index (χ0n) is 16.1. The molecule has 0 unspecified atom stereocenters. The number of nitrogens with zero attached hydrogens (tertiary/aromatic N) is 3. The van der Waals surface area contributed by atoms with Gasteiger partial charge in [0.05, 0.1) is 0 Å². The van der Waals surface area contributed by atoms with Crippen LogP contribution in [0.25, 0.3) is 0 Å². The first-order valence-electron chi connectivity index (χ1n) is 9.90. The van der Waals surface area contributed by atoms with Gasteiger partial charge in [0.15, 0.2) is 0 Å². The lowest BCUT2D eigenvalue weighted by Gasteiger charge is -2.41. The van der Waals surface area contributed by atoms with Gasteiger partial charge in [-0.05, 0) is 63.7 Å². The molecule has 2 aliphatic heterocycles. The van der Waals surface area contributed by atoms with E-state index in [9.17, 15) is 4.79 Å². The van der Waals surface area contributed by atoms with Crippen LogP contribution >= 0.6 is 0 Å². The maximum Gasteiger partial charge on any atom is 0.254 e. The number of piperidine rings is 2. The van der Waals surface area contributed by atoms with Crippen LogP contribution in [0, 0.1) is 5.92 Å². The lowest BCUT2D eigenvalue weighted by molar-refractivity contribution is -0.158. The highest BCUT2D eigenvalue weighted by Gasteiger charge is 2.42. The highest BCUT2D eigenvalue weighted by molar-refractivity contribution is 5.85. The number of aromatic nitrogens is 1. The van der Waals surface area contributed by atoms with Gasteiger partial charge in [-0.1, -0.05) is 6.07 Å². The van der Waals surface area contributed by atoms with Crippen molar-refractivity contribution in [3.63, 3.8) is 0 Å². The summed E-state index contributed by atoms with van der Waals surface area (Å²) < 4.78 is 5.74. The molecule has 0 saturated carbocycles. The minimum atomic E-state index is -0.629. The molecular weight excluding hydrogens is 328 g/mol. The smallest absolute Gasteiger partial charge is 0.254 e. The maximum absolute atomic E-state index is 13.2. The van der Waals surface area contributed by atoms with Crippen LogP contribution in [0.3, 0.4) is 0 Å². The number of methoxy groups -OCH3 is 1. The summed E-state index contributed by atoms with van der Waals surface area (Å²) in [6.07, 6.45) is 5.57. The molecule has 6 heteroatoms. The summed E-state index contributed by atoms with van der Waals surface area (Å²) >= 11 is 0. The number of anilines is 1. The number of nitrogens with one attached hydrogen (secondary N) is 1. The van der Waals surface area contributed by atoms with Crippen molar-refractivity contribution in [2.45, 2.75) is 38.2 Å². The molecule has 1 aromatic heterocycles. The van der Waals surface area contributed by atoms with Crippen molar-refractivity contribution in [2.75, 3.05) is 51.3 Å². The number of ether oxygens (including phenoxy) is 1. The van der Waals surface area contributed by atoms with Crippen LogP contribution in [0.1, 0.15) is 32.6 Å². The van der Waals surface area contributed by atoms with Crippen LogP contribution in [0.5, 0.6) is 0 Å². The van der Waals surface area contributed by atoms with Gasteiger partial charge in [0, 0.05) is 39.5 Å². The van der Waals surface area contributed by atoms with E-state index in [2.05, 4.69) is 28.2 Å². The van der Waals surface area contributed by atoms with E-state index in [0.717, 1.165) is 70.8 Å². The Hall–Kier alpha value is -1.66. The molecule has 6 nitrogen and oxygen atoms in total. The van der Waals surface area contributed by atoms with Crippen molar-refractivity contribution in [1.29, 1.82) is 0 Å². The zero-order chi connectivity index (χ0) is 18.4. The number of pyridine rings is 1. The quantitative estimate of drug-likeness (QED) is 0.840. The SMILES string of the molecule is CCN(CC1CCN(c2ccccn2)CC1)C(=O)C1(OC)CCNCC1. The Morgan fingerprint density at radius 3 is 2.65 bits per heavy atom. The van der Waals surface area contributed by atoms with Gasteiger partial charge in [0.25, 0.3) is 5.91 Å². The monoisotopic (exact) mass is 360 g/mol. The normalized spacial score (nSPS) is 20.8. The molecule has 0 spiro atoms. The van der Waals surface area contributed by atoms with Gasteiger partial charge >= 0.3 is 0 Å². The number of rotatable bonds is 6. The summed E-state index contributed by atoms with van der Waals surface area (Å²) in [5, 5.41) is 3.33. The molecule has 3 heterocycles. The van der Waals surface area contributed by atoms with Crippen LogP contribution in [-0.4, -0.2) is 67.8 Å². The molecule has 144 valence electrons. The molecule has 2 aliphatic rings. The maximum atomic E-state index is 13.2. The Labute approximate surface area is 156 Å². The van der Waals surface area contributed by atoms with Gasteiger partial charge in [-0.3, -0.25) is 4.79 Å². The van der Waals surface area contributed by atoms with Crippen molar-refractivity contribution in [1.82, 2.24) is 15.2 Å². The van der Waals surface area contributed by atoms with E-state index >= 15 is 0 Å². The van der Waals surface area contributed by atoms with E-state index in [4.69, 9.17) is 4.74 Å². The fraction of sp³-hybridized carbons (Fsp3) is 0.700. The fourth-order valence-corrected chi connectivity index (χ4v) is 4.18. The summed E-state index contributed by atoms with van der Waals surface area (Å²) in [4.78, 5) is 22.0. The fourth-order valence-electron chi connectivity index (χ4n) is 4.18. The van der Waals surface area contributed by atoms with E-state index < -0.39 is 5.60 Å². The lowest BCUT2D eigenvalue weighted by Crippen LogP contribution is -2.56. The third-order valence-electron chi connectivity index (χ3n) is 5.93. The first-order valence-corrected chi connectivity index (χ1v) is 9.90. The van der Waals surface area contributed by atoms with Crippen LogP contribution in [0.2, 0.25) is 0 Å². The predicted octanol–water partition coefficient (Wildman–Crippen LogP) is 1.92. The van der Waals surface area contributed by atoms with Crippen LogP contribution in [-0.2, 0) is 9.53 Å². The van der Waals surface area contributed by atoms with Crippen molar-refractivity contribution in [3.8, 4) is 0 Å². The molecule has 1 N–H and O–H groups in total. The van der Waals surface area contributed by atoms with E-state index in [0.29, 0.717) is 5.92 Å². The number of hydrogen-bond acceptors (Lipinski definition) is 5. The number of amides is 1. The molecule has 1 aromatic rings. The number of likely N-dealkylation sites (N-methyl/N-ethyl adjacent to an activating group) is 1. The second-order valence-corrected chi connectivity index (χ2v) is 7.41. The molecular formula is C20H32N4O2. The largest absolute Gasteiger partial charge is 0.368 e. The predicted molar refractivity (Wildman–Crippen MR) is 103 cm³/mol. The molecule has 0 aliphatic carbocycles. The van der Waals surface area contributed by atoms with Gasteiger partial charge in [0.2, 0.25) is 0 Å². The standard InChI is InChI=1S/C20H32N4O2/c1-3-23(19(25)20(26-2)9-12-21-13-10-20)16-17-7-14-24(15-8-17)18-6-4-5-11-22-18/h4-6,11,17,21H,3,7-10,12-16H2,1-2H3. The van der Waals surface area contributed by atoms with Gasteiger partial charge in [-0.15, -0.1) is 0 Å². The molecule has 3 rings (SSSR count). The zero-order valence-corrected chi connectivity index (χ0v) is 16.1. The van der Waals surface area contributed by atoms with Gasteiger partial charge in [-0.25, -0.2) is 4.98 Å². The molecule has 1 amide bonds. The Kier molecular flexibility index (Phi) is 6.48. The molecule has 0 aromatic carbocycles. The van der Waals surface area contributed by atoms with E-state index in [1.54, 1.807) is 7.11 Å². The number of hydrogen-bond donors (Lipinski definition) is 1. The van der Waals surface area contributed by atoms with E-state index in [1.165, 1.54) is 0 Å². The van der Waals surface area contributed by atoms with Crippen LogP contribution in [0.15, 0.2) is 24.4 Å². The molecule has 0 atom stereocenters. The summed E-state index contributed by atoms with van der Waals surface area (Å²) in [5.41, 5.74) is -0.629. The lowest BCUT2D eigenvalue weighted by atomic mass is 9.89. The summed E-state index contributed by atoms with van der Waals surface area (Å²) in [6.45, 7) is 7.37. The average Bonchev–Trinajstić information content (AvgIpc) is 2.73. The Balaban J connectivity index is 1.56. The highest BCUT2D eigenvalue weighted by atomic mass is 16.5. The van der Waals surface area contributed by atoms with Crippen molar-refractivity contribution in [3.05, 3.63) is 24.4 Å². The first kappa shape index (κ1) is 19.1. The summed E-state index contributed by atoms with van der Waals surface area (Å²) in [5.74, 6) is 1.79. The first-order chi connectivity index (χ1) is 12.7. The second-order valence-electron chi connectivity index (χ2n) is 7.41. The van der Waals surface area contributed by atoms with Crippen LogP contribution < -0.4 is 10.2 Å². The minimum absolute atomic E-state index is 0.177. The second kappa shape index (κ2) is 8.82. The minimum Gasteiger partial charge on any atom is -0.368 e. The topological polar surface area (TPSA) is 57.7 Å². The number of carbonyl (C=O) groups is 1. The van der Waals surface area contributed by atoms with Gasteiger partial charge in [-0.2, -0.15) is 0 Å². The molecule has 0 bridgehead atoms. The summed E-state index contributed by atoms with van der Waals surface area (Å²) in [6, 6.07) is 6.06. The van der Waals surface area contributed by atoms with Crippen molar-refractivity contribution >= 4 is 11.7 Å². The Morgan fingerprint density at radius 1 is 1.35 bits per heavy atom. The number of carbonyl (C=O) groups excluding carboxylic acids is 1. The Bertz CT molecular complexity index is 566. The van der Waals surface area contributed by atoms with Crippen molar-refractivity contribution < 1.29 is 9.53 Å². The average molecular weight is 361 g/mol. The van der Waals surface area contributed by atoms with E-state index in [-0.39, 0.29) is 5.91 Å². The Morgan fingerprint density at radius 2 is 2.08 bits per heavy atom. The van der Waals surface area contributed by atoms with Crippen molar-refractivity contribution in [2.24, 2.45) is 5.92 Å². The third-order valence-corrected chi connectivity index (χ3v) is 5.93. The van der Waals surface area contributed by atoms with Crippen LogP contribution in [0.4, 0.5) is 5.82 Å². The molecule has 2 fully saturated rings. The van der Waals surface area contributed by atoms with Gasteiger partial charge in [0.1, 0.15) is 11.4 Å². The highest BCUT2D eigenvalue weighted by Crippen LogP contribution is 2.27. The van der Waals surface area contributed by atoms with E-state index in [1.807, 2.05) is 23.2 Å².